The van der Waals surface area contributed by atoms with Gasteiger partial charge in [0.1, 0.15) is 5.69 Å². The molecule has 2 rings (SSSR count). The van der Waals surface area contributed by atoms with Crippen molar-refractivity contribution in [2.45, 2.75) is 32.6 Å². The summed E-state index contributed by atoms with van der Waals surface area (Å²) in [5, 5.41) is 7.36. The molecule has 0 aliphatic rings. The van der Waals surface area contributed by atoms with E-state index in [1.165, 1.54) is 5.56 Å². The van der Waals surface area contributed by atoms with Crippen LogP contribution in [0.4, 0.5) is 0 Å². The fourth-order valence-electron chi connectivity index (χ4n) is 2.47. The second-order valence-corrected chi connectivity index (χ2v) is 6.97. The largest absolute Gasteiger partial charge is 0.385 e. The third-order valence-electron chi connectivity index (χ3n) is 3.97. The molecule has 0 aliphatic heterocycles. The molecule has 5 heteroatoms. The molecule has 1 heterocycles. The number of benzene rings is 1. The van der Waals surface area contributed by atoms with Crippen LogP contribution in [-0.2, 0) is 17.2 Å². The van der Waals surface area contributed by atoms with Gasteiger partial charge < -0.3 is 10.1 Å². The molecule has 1 aromatic carbocycles. The molecule has 0 radical (unpaired) electrons. The molecule has 0 aliphatic carbocycles. The normalized spacial score (nSPS) is 11.5. The minimum atomic E-state index is -0.112. The molecule has 0 unspecified atom stereocenters. The minimum absolute atomic E-state index is 0.112. The summed E-state index contributed by atoms with van der Waals surface area (Å²) < 4.78 is 6.60. The Bertz CT molecular complexity index is 682. The highest BCUT2D eigenvalue weighted by molar-refractivity contribution is 5.93. The number of carbonyl (C=O) groups excluding carboxylic acids is 1. The zero-order chi connectivity index (χ0) is 17.7. The second-order valence-electron chi connectivity index (χ2n) is 6.97. The molecule has 1 N–H and O–H groups in total. The smallest absolute Gasteiger partial charge is 0.269 e. The van der Waals surface area contributed by atoms with Crippen LogP contribution in [0.25, 0.3) is 11.3 Å². The SMILES string of the molecule is COCCCNC(=O)c1cc(-c2ccc(C(C)(C)C)cc2)nn1C. The Morgan fingerprint density at radius 1 is 1.25 bits per heavy atom. The molecule has 5 nitrogen and oxygen atoms in total. The number of carbonyl (C=O) groups is 1. The Morgan fingerprint density at radius 2 is 1.92 bits per heavy atom. The zero-order valence-corrected chi connectivity index (χ0v) is 15.2. The maximum atomic E-state index is 12.2. The van der Waals surface area contributed by atoms with Crippen LogP contribution in [0.1, 0.15) is 43.2 Å². The van der Waals surface area contributed by atoms with Crippen molar-refractivity contribution >= 4 is 5.91 Å². The summed E-state index contributed by atoms with van der Waals surface area (Å²) in [6.07, 6.45) is 0.793. The van der Waals surface area contributed by atoms with Gasteiger partial charge in [-0.25, -0.2) is 0 Å². The van der Waals surface area contributed by atoms with Crippen molar-refractivity contribution in [2.24, 2.45) is 7.05 Å². The van der Waals surface area contributed by atoms with E-state index in [-0.39, 0.29) is 11.3 Å². The van der Waals surface area contributed by atoms with Crippen LogP contribution in [-0.4, -0.2) is 35.9 Å². The Hall–Kier alpha value is -2.14. The number of hydrogen-bond acceptors (Lipinski definition) is 3. The van der Waals surface area contributed by atoms with Crippen molar-refractivity contribution < 1.29 is 9.53 Å². The second kappa shape index (κ2) is 7.62. The first kappa shape index (κ1) is 18.2. The summed E-state index contributed by atoms with van der Waals surface area (Å²) in [5.41, 5.74) is 3.77. The predicted octanol–water partition coefficient (Wildman–Crippen LogP) is 3.15. The number of hydrogen-bond donors (Lipinski definition) is 1. The predicted molar refractivity (Wildman–Crippen MR) is 96.2 cm³/mol. The van der Waals surface area contributed by atoms with E-state index in [0.717, 1.165) is 17.7 Å². The Kier molecular flexibility index (Phi) is 5.78. The fourth-order valence-corrected chi connectivity index (χ4v) is 2.47. The molecule has 0 fully saturated rings. The van der Waals surface area contributed by atoms with Crippen molar-refractivity contribution in [3.05, 3.63) is 41.6 Å². The average Bonchev–Trinajstić information content (AvgIpc) is 2.93. The number of aryl methyl sites for hydroxylation is 1. The first-order chi connectivity index (χ1) is 11.3. The highest BCUT2D eigenvalue weighted by Crippen LogP contribution is 2.25. The average molecular weight is 329 g/mol. The summed E-state index contributed by atoms with van der Waals surface area (Å²) in [6, 6.07) is 10.2. The van der Waals surface area contributed by atoms with Gasteiger partial charge in [-0.05, 0) is 23.5 Å². The number of nitrogens with one attached hydrogen (secondary N) is 1. The highest BCUT2D eigenvalue weighted by Gasteiger charge is 2.16. The maximum absolute atomic E-state index is 12.2. The van der Waals surface area contributed by atoms with Gasteiger partial charge in [0.25, 0.3) is 5.91 Å². The minimum Gasteiger partial charge on any atom is -0.385 e. The first-order valence-electron chi connectivity index (χ1n) is 8.25. The summed E-state index contributed by atoms with van der Waals surface area (Å²) >= 11 is 0. The van der Waals surface area contributed by atoms with Crippen molar-refractivity contribution in [1.29, 1.82) is 0 Å². The molecular weight excluding hydrogens is 302 g/mol. The van der Waals surface area contributed by atoms with Crippen molar-refractivity contribution in [3.8, 4) is 11.3 Å². The lowest BCUT2D eigenvalue weighted by Gasteiger charge is -2.18. The van der Waals surface area contributed by atoms with Crippen LogP contribution in [0.15, 0.2) is 30.3 Å². The molecule has 0 saturated heterocycles. The molecule has 130 valence electrons. The number of nitrogens with zero attached hydrogens (tertiary/aromatic N) is 2. The number of amides is 1. The molecule has 1 aromatic heterocycles. The van der Waals surface area contributed by atoms with Gasteiger partial charge in [-0.2, -0.15) is 5.10 Å². The zero-order valence-electron chi connectivity index (χ0n) is 15.2. The number of ether oxygens (including phenoxy) is 1. The van der Waals surface area contributed by atoms with Gasteiger partial charge in [-0.15, -0.1) is 0 Å². The third kappa shape index (κ3) is 4.45. The van der Waals surface area contributed by atoms with Gasteiger partial charge in [-0.3, -0.25) is 9.48 Å². The lowest BCUT2D eigenvalue weighted by Crippen LogP contribution is -2.27. The summed E-state index contributed by atoms with van der Waals surface area (Å²) in [7, 11) is 3.44. The molecule has 2 aromatic rings. The van der Waals surface area contributed by atoms with Gasteiger partial charge >= 0.3 is 0 Å². The van der Waals surface area contributed by atoms with E-state index < -0.39 is 0 Å². The molecule has 24 heavy (non-hydrogen) atoms. The van der Waals surface area contributed by atoms with Gasteiger partial charge in [0.15, 0.2) is 0 Å². The summed E-state index contributed by atoms with van der Waals surface area (Å²) in [5.74, 6) is -0.112. The topological polar surface area (TPSA) is 56.1 Å². The van der Waals surface area contributed by atoms with Crippen LogP contribution in [0, 0.1) is 0 Å². The molecule has 0 bridgehead atoms. The van der Waals surface area contributed by atoms with Gasteiger partial charge in [0.2, 0.25) is 0 Å². The molecule has 0 saturated carbocycles. The highest BCUT2D eigenvalue weighted by atomic mass is 16.5. The van der Waals surface area contributed by atoms with Crippen molar-refractivity contribution in [3.63, 3.8) is 0 Å². The van der Waals surface area contributed by atoms with Crippen molar-refractivity contribution in [1.82, 2.24) is 15.1 Å². The van der Waals surface area contributed by atoms with E-state index in [4.69, 9.17) is 4.74 Å². The first-order valence-corrected chi connectivity index (χ1v) is 8.25. The lowest BCUT2D eigenvalue weighted by atomic mass is 9.86. The van der Waals surface area contributed by atoms with E-state index in [1.54, 1.807) is 18.8 Å². The Balaban J connectivity index is 2.12. The number of aromatic nitrogens is 2. The van der Waals surface area contributed by atoms with Gasteiger partial charge in [0.05, 0.1) is 5.69 Å². The molecule has 0 spiro atoms. The standard InChI is InChI=1S/C19H27N3O2/c1-19(2,3)15-9-7-14(8-10-15)16-13-17(22(4)21-16)18(23)20-11-6-12-24-5/h7-10,13H,6,11-12H2,1-5H3,(H,20,23). The van der Waals surface area contributed by atoms with E-state index in [2.05, 4.69) is 55.5 Å². The summed E-state index contributed by atoms with van der Waals surface area (Å²) in [6.45, 7) is 7.79. The Morgan fingerprint density at radius 3 is 2.50 bits per heavy atom. The fraction of sp³-hybridized carbons (Fsp3) is 0.474. The summed E-state index contributed by atoms with van der Waals surface area (Å²) in [4.78, 5) is 12.2. The van der Waals surface area contributed by atoms with E-state index in [9.17, 15) is 4.79 Å². The monoisotopic (exact) mass is 329 g/mol. The molecule has 0 atom stereocenters. The number of methoxy groups -OCH3 is 1. The Labute approximate surface area is 144 Å². The number of rotatable bonds is 6. The van der Waals surface area contributed by atoms with Gasteiger partial charge in [-0.1, -0.05) is 45.0 Å². The van der Waals surface area contributed by atoms with Crippen LogP contribution in [0.2, 0.25) is 0 Å². The van der Waals surface area contributed by atoms with E-state index >= 15 is 0 Å². The van der Waals surface area contributed by atoms with Crippen LogP contribution in [0.5, 0.6) is 0 Å². The van der Waals surface area contributed by atoms with Crippen LogP contribution < -0.4 is 5.32 Å². The van der Waals surface area contributed by atoms with E-state index in [0.29, 0.717) is 18.8 Å². The van der Waals surface area contributed by atoms with Gasteiger partial charge in [0, 0.05) is 32.9 Å². The lowest BCUT2D eigenvalue weighted by molar-refractivity contribution is 0.0939. The van der Waals surface area contributed by atoms with Crippen LogP contribution >= 0.6 is 0 Å². The molecule has 1 amide bonds. The van der Waals surface area contributed by atoms with Crippen LogP contribution in [0.3, 0.4) is 0 Å². The third-order valence-corrected chi connectivity index (χ3v) is 3.97. The maximum Gasteiger partial charge on any atom is 0.269 e. The van der Waals surface area contributed by atoms with E-state index in [1.807, 2.05) is 6.07 Å². The quantitative estimate of drug-likeness (QED) is 0.828. The molecular formula is C19H27N3O2. The van der Waals surface area contributed by atoms with Crippen molar-refractivity contribution in [2.75, 3.05) is 20.3 Å².